The van der Waals surface area contributed by atoms with Gasteiger partial charge in [-0.2, -0.15) is 12.6 Å². The number of rotatable bonds is 5. The second-order valence-electron chi connectivity index (χ2n) is 4.38. The van der Waals surface area contributed by atoms with Gasteiger partial charge in [0, 0.05) is 5.75 Å². The summed E-state index contributed by atoms with van der Waals surface area (Å²) in [6, 6.07) is 6.38. The first-order chi connectivity index (χ1) is 7.54. The Labute approximate surface area is 104 Å². The maximum Gasteiger partial charge on any atom is 0.122 e. The number of hydrogen-bond donors (Lipinski definition) is 1. The average Bonchev–Trinajstić information content (AvgIpc) is 2.27. The van der Waals surface area contributed by atoms with Gasteiger partial charge in [-0.05, 0) is 35.6 Å². The Morgan fingerprint density at radius 1 is 1.44 bits per heavy atom. The lowest BCUT2D eigenvalue weighted by molar-refractivity contribution is 0.350. The molecule has 0 saturated heterocycles. The molecule has 0 aromatic heterocycles. The van der Waals surface area contributed by atoms with Crippen LogP contribution in [0.1, 0.15) is 30.9 Å². The van der Waals surface area contributed by atoms with Crippen molar-refractivity contribution in [2.75, 3.05) is 12.4 Å². The quantitative estimate of drug-likeness (QED) is 0.601. The number of hydrogen-bond acceptors (Lipinski definition) is 2. The minimum Gasteiger partial charge on any atom is -0.489 e. The highest BCUT2D eigenvalue weighted by Crippen LogP contribution is 2.24. The van der Waals surface area contributed by atoms with Gasteiger partial charge in [-0.25, -0.2) is 0 Å². The van der Waals surface area contributed by atoms with Crippen molar-refractivity contribution in [2.45, 2.75) is 26.7 Å². The normalized spacial score (nSPS) is 10.6. The zero-order valence-electron chi connectivity index (χ0n) is 10.3. The van der Waals surface area contributed by atoms with Gasteiger partial charge in [0.15, 0.2) is 0 Å². The molecule has 0 atom stereocenters. The molecule has 0 spiro atoms. The third kappa shape index (κ3) is 3.60. The largest absolute Gasteiger partial charge is 0.489 e. The molecule has 1 rings (SSSR count). The molecule has 0 aliphatic rings. The molecule has 0 radical (unpaired) electrons. The highest BCUT2D eigenvalue weighted by Gasteiger charge is 2.05. The highest BCUT2D eigenvalue weighted by molar-refractivity contribution is 7.80. The standard InChI is InChI=1S/C14H20OS/c1-10(2)13-6-5-12(4)14(7-13)15-8-11(3)9-16/h5-7,10,16H,3,8-9H2,1-2,4H3. The lowest BCUT2D eigenvalue weighted by Crippen LogP contribution is -2.03. The molecule has 0 fully saturated rings. The minimum atomic E-state index is 0.524. The Morgan fingerprint density at radius 3 is 2.69 bits per heavy atom. The van der Waals surface area contributed by atoms with Crippen molar-refractivity contribution >= 4 is 12.6 Å². The minimum absolute atomic E-state index is 0.524. The van der Waals surface area contributed by atoms with Crippen LogP contribution in [-0.4, -0.2) is 12.4 Å². The van der Waals surface area contributed by atoms with E-state index in [-0.39, 0.29) is 0 Å². The lowest BCUT2D eigenvalue weighted by Gasteiger charge is -2.13. The fourth-order valence-corrected chi connectivity index (χ4v) is 1.45. The molecule has 1 nitrogen and oxygen atoms in total. The monoisotopic (exact) mass is 236 g/mol. The summed E-state index contributed by atoms with van der Waals surface area (Å²) in [4.78, 5) is 0. The van der Waals surface area contributed by atoms with E-state index in [0.717, 1.165) is 16.9 Å². The molecule has 2 heteroatoms. The van der Waals surface area contributed by atoms with E-state index in [1.165, 1.54) is 5.56 Å². The smallest absolute Gasteiger partial charge is 0.122 e. The third-order valence-electron chi connectivity index (χ3n) is 2.53. The Hall–Kier alpha value is -0.890. The van der Waals surface area contributed by atoms with E-state index in [2.05, 4.69) is 58.2 Å². The molecule has 1 aromatic rings. The van der Waals surface area contributed by atoms with Crippen molar-refractivity contribution < 1.29 is 4.74 Å². The molecule has 1 aromatic carbocycles. The van der Waals surface area contributed by atoms with Crippen LogP contribution in [0.4, 0.5) is 0 Å². The summed E-state index contributed by atoms with van der Waals surface area (Å²) < 4.78 is 5.73. The maximum absolute atomic E-state index is 5.73. The van der Waals surface area contributed by atoms with Crippen molar-refractivity contribution in [3.63, 3.8) is 0 Å². The summed E-state index contributed by atoms with van der Waals surface area (Å²) in [6.07, 6.45) is 0. The fraction of sp³-hybridized carbons (Fsp3) is 0.429. The van der Waals surface area contributed by atoms with Gasteiger partial charge in [-0.15, -0.1) is 0 Å². The van der Waals surface area contributed by atoms with Gasteiger partial charge >= 0.3 is 0 Å². The molecule has 0 heterocycles. The lowest BCUT2D eigenvalue weighted by atomic mass is 10.0. The highest BCUT2D eigenvalue weighted by atomic mass is 32.1. The number of ether oxygens (including phenoxy) is 1. The van der Waals surface area contributed by atoms with Crippen LogP contribution in [0.2, 0.25) is 0 Å². The van der Waals surface area contributed by atoms with E-state index in [9.17, 15) is 0 Å². The van der Waals surface area contributed by atoms with Crippen LogP contribution in [0.5, 0.6) is 5.75 Å². The van der Waals surface area contributed by atoms with E-state index in [1.807, 2.05) is 0 Å². The predicted octanol–water partition coefficient (Wildman–Crippen LogP) is 3.98. The molecule has 0 aliphatic carbocycles. The van der Waals surface area contributed by atoms with Crippen LogP contribution in [0.3, 0.4) is 0 Å². The predicted molar refractivity (Wildman–Crippen MR) is 73.8 cm³/mol. The van der Waals surface area contributed by atoms with Crippen molar-refractivity contribution in [1.29, 1.82) is 0 Å². The molecule has 16 heavy (non-hydrogen) atoms. The zero-order valence-corrected chi connectivity index (χ0v) is 11.2. The molecule has 0 N–H and O–H groups in total. The van der Waals surface area contributed by atoms with Crippen molar-refractivity contribution in [1.82, 2.24) is 0 Å². The molecular formula is C14H20OS. The van der Waals surface area contributed by atoms with E-state index >= 15 is 0 Å². The molecule has 88 valence electrons. The van der Waals surface area contributed by atoms with E-state index < -0.39 is 0 Å². The van der Waals surface area contributed by atoms with Crippen molar-refractivity contribution in [3.8, 4) is 5.75 Å². The molecule has 0 unspecified atom stereocenters. The molecule has 0 aliphatic heterocycles. The van der Waals surface area contributed by atoms with Crippen molar-refractivity contribution in [2.24, 2.45) is 0 Å². The number of benzene rings is 1. The Bertz CT molecular complexity index is 369. The summed E-state index contributed by atoms with van der Waals surface area (Å²) >= 11 is 4.16. The van der Waals surface area contributed by atoms with Gasteiger partial charge in [-0.1, -0.05) is 32.6 Å². The van der Waals surface area contributed by atoms with Gasteiger partial charge in [0.05, 0.1) is 0 Å². The second-order valence-corrected chi connectivity index (χ2v) is 4.69. The fourth-order valence-electron chi connectivity index (χ4n) is 1.36. The van der Waals surface area contributed by atoms with Gasteiger partial charge < -0.3 is 4.74 Å². The van der Waals surface area contributed by atoms with E-state index in [1.54, 1.807) is 0 Å². The molecular weight excluding hydrogens is 216 g/mol. The zero-order chi connectivity index (χ0) is 12.1. The van der Waals surface area contributed by atoms with E-state index in [0.29, 0.717) is 18.3 Å². The molecule has 0 saturated carbocycles. The van der Waals surface area contributed by atoms with Gasteiger partial charge in [-0.3, -0.25) is 0 Å². The number of thiol groups is 1. The topological polar surface area (TPSA) is 9.23 Å². The SMILES string of the molecule is C=C(CS)COc1cc(C(C)C)ccc1C. The Kier molecular flexibility index (Phi) is 4.94. The van der Waals surface area contributed by atoms with Crippen LogP contribution in [0, 0.1) is 6.92 Å². The van der Waals surface area contributed by atoms with Crippen LogP contribution >= 0.6 is 12.6 Å². The first-order valence-electron chi connectivity index (χ1n) is 5.55. The van der Waals surface area contributed by atoms with Crippen LogP contribution in [0.25, 0.3) is 0 Å². The maximum atomic E-state index is 5.73. The molecule has 0 amide bonds. The van der Waals surface area contributed by atoms with Crippen LogP contribution in [0.15, 0.2) is 30.4 Å². The Balaban J connectivity index is 2.78. The first-order valence-corrected chi connectivity index (χ1v) is 6.18. The summed E-state index contributed by atoms with van der Waals surface area (Å²) in [6.45, 7) is 10.8. The molecule has 0 bridgehead atoms. The Morgan fingerprint density at radius 2 is 2.12 bits per heavy atom. The van der Waals surface area contributed by atoms with E-state index in [4.69, 9.17) is 4.74 Å². The summed E-state index contributed by atoms with van der Waals surface area (Å²) in [5.74, 6) is 2.15. The first kappa shape index (κ1) is 13.2. The summed E-state index contributed by atoms with van der Waals surface area (Å²) in [7, 11) is 0. The number of aryl methyl sites for hydroxylation is 1. The summed E-state index contributed by atoms with van der Waals surface area (Å²) in [5, 5.41) is 0. The van der Waals surface area contributed by atoms with Crippen LogP contribution < -0.4 is 4.74 Å². The van der Waals surface area contributed by atoms with Gasteiger partial charge in [0.2, 0.25) is 0 Å². The van der Waals surface area contributed by atoms with Crippen molar-refractivity contribution in [3.05, 3.63) is 41.5 Å². The third-order valence-corrected chi connectivity index (χ3v) is 2.98. The van der Waals surface area contributed by atoms with Crippen LogP contribution in [-0.2, 0) is 0 Å². The summed E-state index contributed by atoms with van der Waals surface area (Å²) in [5.41, 5.74) is 3.46. The van der Waals surface area contributed by atoms with Gasteiger partial charge in [0.25, 0.3) is 0 Å². The van der Waals surface area contributed by atoms with Gasteiger partial charge in [0.1, 0.15) is 12.4 Å². The second kappa shape index (κ2) is 6.00. The average molecular weight is 236 g/mol.